The van der Waals surface area contributed by atoms with Gasteiger partial charge in [0.05, 0.1) is 5.75 Å². The van der Waals surface area contributed by atoms with Gasteiger partial charge in [-0.2, -0.15) is 0 Å². The van der Waals surface area contributed by atoms with Gasteiger partial charge >= 0.3 is 6.09 Å². The Morgan fingerprint density at radius 1 is 1.09 bits per heavy atom. The third kappa shape index (κ3) is 7.35. The van der Waals surface area contributed by atoms with Gasteiger partial charge in [0.1, 0.15) is 11.6 Å². The summed E-state index contributed by atoms with van der Waals surface area (Å²) in [5.74, 6) is -0.575. The molecule has 3 aromatic rings. The summed E-state index contributed by atoms with van der Waals surface area (Å²) in [5.41, 5.74) is 2.08. The minimum atomic E-state index is -3.22. The molecule has 0 aliphatic carbocycles. The van der Waals surface area contributed by atoms with E-state index in [1.54, 1.807) is 45.0 Å². The molecule has 33 heavy (non-hydrogen) atoms. The number of hydrogen-bond acceptors (Lipinski definition) is 5. The summed E-state index contributed by atoms with van der Waals surface area (Å²) in [7, 11) is -3.22. The maximum absolute atomic E-state index is 13.2. The number of nitrogens with one attached hydrogen (secondary N) is 3. The van der Waals surface area contributed by atoms with Crippen molar-refractivity contribution in [3.8, 4) is 0 Å². The van der Waals surface area contributed by atoms with Crippen LogP contribution in [0.25, 0.3) is 10.9 Å². The van der Waals surface area contributed by atoms with E-state index in [0.29, 0.717) is 11.3 Å². The average molecular weight is 472 g/mol. The van der Waals surface area contributed by atoms with Crippen molar-refractivity contribution in [2.24, 2.45) is 0 Å². The zero-order valence-corrected chi connectivity index (χ0v) is 20.0. The second-order valence-electron chi connectivity index (χ2n) is 9.02. The number of anilines is 1. The molecule has 0 bridgehead atoms. The highest BCUT2D eigenvalue weighted by Gasteiger charge is 2.26. The number of benzene rings is 2. The molecule has 0 spiro atoms. The van der Waals surface area contributed by atoms with Crippen LogP contribution >= 0.6 is 0 Å². The summed E-state index contributed by atoms with van der Waals surface area (Å²) in [5, 5.41) is 6.40. The number of ether oxygens (including phenoxy) is 1. The van der Waals surface area contributed by atoms with E-state index in [9.17, 15) is 18.0 Å². The van der Waals surface area contributed by atoms with Gasteiger partial charge in [0.2, 0.25) is 5.91 Å². The number of H-pyrrole nitrogens is 1. The van der Waals surface area contributed by atoms with Gasteiger partial charge in [0.15, 0.2) is 9.84 Å². The number of hydrogen-bond donors (Lipinski definition) is 3. The number of sulfone groups is 1. The fourth-order valence-corrected chi connectivity index (χ4v) is 4.24. The Morgan fingerprint density at radius 2 is 1.82 bits per heavy atom. The van der Waals surface area contributed by atoms with E-state index in [-0.39, 0.29) is 12.2 Å². The van der Waals surface area contributed by atoms with Crippen molar-refractivity contribution in [1.29, 1.82) is 0 Å². The van der Waals surface area contributed by atoms with Crippen molar-refractivity contribution >= 4 is 38.4 Å². The molecule has 2 aromatic carbocycles. The molecule has 0 saturated heterocycles. The molecule has 1 heterocycles. The van der Waals surface area contributed by atoms with Crippen molar-refractivity contribution in [1.82, 2.24) is 10.3 Å². The van der Waals surface area contributed by atoms with Crippen LogP contribution in [0.3, 0.4) is 0 Å². The first-order valence-corrected chi connectivity index (χ1v) is 12.6. The first kappa shape index (κ1) is 24.3. The Labute approximate surface area is 193 Å². The number of para-hydroxylation sites is 1. The molecule has 8 nitrogen and oxygen atoms in total. The zero-order chi connectivity index (χ0) is 24.2. The molecule has 0 saturated carbocycles. The maximum Gasteiger partial charge on any atom is 0.408 e. The van der Waals surface area contributed by atoms with E-state index in [1.807, 2.05) is 30.5 Å². The lowest BCUT2D eigenvalue weighted by Crippen LogP contribution is -2.47. The van der Waals surface area contributed by atoms with Gasteiger partial charge in [-0.25, -0.2) is 13.2 Å². The number of aromatic nitrogens is 1. The van der Waals surface area contributed by atoms with E-state index in [2.05, 4.69) is 15.6 Å². The van der Waals surface area contributed by atoms with Gasteiger partial charge in [-0.1, -0.05) is 30.3 Å². The van der Waals surface area contributed by atoms with Gasteiger partial charge in [-0.3, -0.25) is 4.79 Å². The second-order valence-corrected chi connectivity index (χ2v) is 11.2. The van der Waals surface area contributed by atoms with Crippen molar-refractivity contribution in [2.75, 3.05) is 11.6 Å². The molecule has 176 valence electrons. The quantitative estimate of drug-likeness (QED) is 0.485. The molecule has 1 aromatic heterocycles. The lowest BCUT2D eigenvalue weighted by atomic mass is 10.0. The predicted octanol–water partition coefficient (Wildman–Crippen LogP) is 3.79. The Kier molecular flexibility index (Phi) is 7.12. The van der Waals surface area contributed by atoms with Crippen LogP contribution in [0.1, 0.15) is 31.9 Å². The van der Waals surface area contributed by atoms with Gasteiger partial charge in [0, 0.05) is 35.5 Å². The molecular weight excluding hydrogens is 442 g/mol. The predicted molar refractivity (Wildman–Crippen MR) is 129 cm³/mol. The molecule has 0 radical (unpaired) electrons. The van der Waals surface area contributed by atoms with Crippen molar-refractivity contribution < 1.29 is 22.7 Å². The minimum Gasteiger partial charge on any atom is -0.444 e. The lowest BCUT2D eigenvalue weighted by Gasteiger charge is -2.23. The molecule has 2 amide bonds. The van der Waals surface area contributed by atoms with Crippen molar-refractivity contribution in [2.45, 2.75) is 44.6 Å². The van der Waals surface area contributed by atoms with Crippen molar-refractivity contribution in [3.05, 3.63) is 65.9 Å². The standard InChI is InChI=1S/C24H29N3O5S/c1-24(2,3)32-23(29)27-21(13-17-14-25-20-11-6-5-10-19(17)20)22(28)26-18-9-7-8-16(12-18)15-33(4,30)31/h5-12,14,21,25H,13,15H2,1-4H3,(H,26,28)(H,27,29)/t21-/m1/s1. The Bertz CT molecular complexity index is 1260. The van der Waals surface area contributed by atoms with Crippen LogP contribution < -0.4 is 10.6 Å². The summed E-state index contributed by atoms with van der Waals surface area (Å²) >= 11 is 0. The zero-order valence-electron chi connectivity index (χ0n) is 19.1. The summed E-state index contributed by atoms with van der Waals surface area (Å²) in [4.78, 5) is 28.8. The van der Waals surface area contributed by atoms with Gasteiger partial charge in [0.25, 0.3) is 0 Å². The fraction of sp³-hybridized carbons (Fsp3) is 0.333. The van der Waals surface area contributed by atoms with Crippen LogP contribution in [-0.4, -0.2) is 43.3 Å². The van der Waals surface area contributed by atoms with Crippen LogP contribution in [-0.2, 0) is 31.5 Å². The highest BCUT2D eigenvalue weighted by Crippen LogP contribution is 2.20. The topological polar surface area (TPSA) is 117 Å². The first-order valence-electron chi connectivity index (χ1n) is 10.5. The van der Waals surface area contributed by atoms with Crippen LogP contribution in [0.4, 0.5) is 10.5 Å². The molecule has 0 aliphatic heterocycles. The number of fused-ring (bicyclic) bond motifs is 1. The Hall–Kier alpha value is -3.33. The molecule has 0 aliphatic rings. The van der Waals surface area contributed by atoms with E-state index < -0.39 is 33.5 Å². The van der Waals surface area contributed by atoms with Crippen molar-refractivity contribution in [3.63, 3.8) is 0 Å². The summed E-state index contributed by atoms with van der Waals surface area (Å²) in [6.07, 6.45) is 2.50. The highest BCUT2D eigenvalue weighted by molar-refractivity contribution is 7.89. The van der Waals surface area contributed by atoms with Crippen LogP contribution in [0.2, 0.25) is 0 Å². The lowest BCUT2D eigenvalue weighted by molar-refractivity contribution is -0.118. The number of carbonyl (C=O) groups excluding carboxylic acids is 2. The number of rotatable bonds is 7. The minimum absolute atomic E-state index is 0.133. The third-order valence-corrected chi connectivity index (χ3v) is 5.59. The smallest absolute Gasteiger partial charge is 0.408 e. The summed E-state index contributed by atoms with van der Waals surface area (Å²) in [6.45, 7) is 5.23. The Balaban J connectivity index is 1.82. The summed E-state index contributed by atoms with van der Waals surface area (Å²) in [6, 6.07) is 13.4. The van der Waals surface area contributed by atoms with Gasteiger partial charge < -0.3 is 20.4 Å². The number of alkyl carbamates (subject to hydrolysis) is 1. The highest BCUT2D eigenvalue weighted by atomic mass is 32.2. The molecule has 1 atom stereocenters. The summed E-state index contributed by atoms with van der Waals surface area (Å²) < 4.78 is 28.6. The number of carbonyl (C=O) groups is 2. The number of amides is 2. The fourth-order valence-electron chi connectivity index (χ4n) is 3.45. The molecule has 3 rings (SSSR count). The SMILES string of the molecule is CC(C)(C)OC(=O)N[C@H](Cc1c[nH]c2ccccc12)C(=O)Nc1cccc(CS(C)(=O)=O)c1. The molecule has 9 heteroatoms. The van der Waals surface area contributed by atoms with Crippen LogP contribution in [0.15, 0.2) is 54.7 Å². The van der Waals surface area contributed by atoms with Gasteiger partial charge in [-0.15, -0.1) is 0 Å². The molecule has 3 N–H and O–H groups in total. The van der Waals surface area contributed by atoms with Crippen LogP contribution in [0.5, 0.6) is 0 Å². The molecular formula is C24H29N3O5S. The average Bonchev–Trinajstić information content (AvgIpc) is 3.08. The molecule has 0 unspecified atom stereocenters. The number of aromatic amines is 1. The van der Waals surface area contributed by atoms with E-state index in [1.165, 1.54) is 0 Å². The van der Waals surface area contributed by atoms with Crippen LogP contribution in [0, 0.1) is 0 Å². The Morgan fingerprint density at radius 3 is 2.52 bits per heavy atom. The largest absolute Gasteiger partial charge is 0.444 e. The normalized spacial score (nSPS) is 12.8. The maximum atomic E-state index is 13.2. The van der Waals surface area contributed by atoms with E-state index in [4.69, 9.17) is 4.74 Å². The monoisotopic (exact) mass is 471 g/mol. The van der Waals surface area contributed by atoms with Gasteiger partial charge in [-0.05, 0) is 50.1 Å². The first-order chi connectivity index (χ1) is 15.4. The van der Waals surface area contributed by atoms with E-state index >= 15 is 0 Å². The second kappa shape index (κ2) is 9.66. The molecule has 0 fully saturated rings. The van der Waals surface area contributed by atoms with E-state index in [0.717, 1.165) is 22.7 Å². The third-order valence-electron chi connectivity index (χ3n) is 4.73.